The standard InChI is InChI=1S/C15H18O/c1-10(16)13-4-2-3-5-14(13)15-9-11-6-7-12(15)8-11/h2-5,11-12,15H,6-9H2,1H3. The van der Waals surface area contributed by atoms with Crippen LogP contribution in [0.5, 0.6) is 0 Å². The van der Waals surface area contributed by atoms with Crippen LogP contribution in [-0.4, -0.2) is 5.78 Å². The fourth-order valence-electron chi connectivity index (χ4n) is 3.77. The molecule has 2 saturated carbocycles. The monoisotopic (exact) mass is 214 g/mol. The third-order valence-corrected chi connectivity index (χ3v) is 4.48. The zero-order valence-electron chi connectivity index (χ0n) is 9.78. The summed E-state index contributed by atoms with van der Waals surface area (Å²) in [5, 5.41) is 0. The predicted octanol–water partition coefficient (Wildman–Crippen LogP) is 3.79. The van der Waals surface area contributed by atoms with Gasteiger partial charge in [0.05, 0.1) is 0 Å². The molecule has 2 bridgehead atoms. The van der Waals surface area contributed by atoms with Crippen molar-refractivity contribution in [2.45, 2.75) is 38.5 Å². The highest BCUT2D eigenvalue weighted by Crippen LogP contribution is 2.53. The highest BCUT2D eigenvalue weighted by molar-refractivity contribution is 5.95. The molecule has 16 heavy (non-hydrogen) atoms. The van der Waals surface area contributed by atoms with E-state index in [1.807, 2.05) is 12.1 Å². The van der Waals surface area contributed by atoms with Gasteiger partial charge < -0.3 is 0 Å². The average molecular weight is 214 g/mol. The Morgan fingerprint density at radius 2 is 2.00 bits per heavy atom. The molecule has 2 fully saturated rings. The largest absolute Gasteiger partial charge is 0.295 e. The molecule has 0 amide bonds. The Bertz CT molecular complexity index is 421. The van der Waals surface area contributed by atoms with Gasteiger partial charge in [-0.3, -0.25) is 4.79 Å². The van der Waals surface area contributed by atoms with Gasteiger partial charge in [0.25, 0.3) is 0 Å². The van der Waals surface area contributed by atoms with E-state index in [9.17, 15) is 4.79 Å². The maximum atomic E-state index is 11.6. The summed E-state index contributed by atoms with van der Waals surface area (Å²) in [5.74, 6) is 2.68. The van der Waals surface area contributed by atoms with E-state index in [0.717, 1.165) is 17.4 Å². The predicted molar refractivity (Wildman–Crippen MR) is 64.6 cm³/mol. The van der Waals surface area contributed by atoms with Crippen LogP contribution >= 0.6 is 0 Å². The number of hydrogen-bond acceptors (Lipinski definition) is 1. The number of hydrogen-bond donors (Lipinski definition) is 0. The fraction of sp³-hybridized carbons (Fsp3) is 0.533. The van der Waals surface area contributed by atoms with Gasteiger partial charge in [0.1, 0.15) is 0 Å². The Kier molecular flexibility index (Phi) is 2.34. The second-order valence-corrected chi connectivity index (χ2v) is 5.42. The van der Waals surface area contributed by atoms with Crippen LogP contribution in [0.1, 0.15) is 54.4 Å². The van der Waals surface area contributed by atoms with Gasteiger partial charge in [0.2, 0.25) is 0 Å². The number of fused-ring (bicyclic) bond motifs is 2. The minimum Gasteiger partial charge on any atom is -0.295 e. The molecule has 1 aromatic carbocycles. The molecule has 0 radical (unpaired) electrons. The van der Waals surface area contributed by atoms with E-state index in [1.54, 1.807) is 6.92 Å². The summed E-state index contributed by atoms with van der Waals surface area (Å²) in [5.41, 5.74) is 2.28. The molecule has 2 aliphatic carbocycles. The Balaban J connectivity index is 1.97. The van der Waals surface area contributed by atoms with Crippen molar-refractivity contribution < 1.29 is 4.79 Å². The van der Waals surface area contributed by atoms with Gasteiger partial charge in [-0.25, -0.2) is 0 Å². The van der Waals surface area contributed by atoms with Crippen molar-refractivity contribution in [2.24, 2.45) is 11.8 Å². The van der Waals surface area contributed by atoms with Crippen molar-refractivity contribution >= 4 is 5.78 Å². The minimum absolute atomic E-state index is 0.221. The van der Waals surface area contributed by atoms with Crippen LogP contribution in [0.3, 0.4) is 0 Å². The summed E-state index contributed by atoms with van der Waals surface area (Å²) in [4.78, 5) is 11.6. The van der Waals surface area contributed by atoms with E-state index in [2.05, 4.69) is 12.1 Å². The quantitative estimate of drug-likeness (QED) is 0.684. The fourth-order valence-corrected chi connectivity index (χ4v) is 3.77. The molecule has 0 heterocycles. The van der Waals surface area contributed by atoms with Gasteiger partial charge >= 0.3 is 0 Å². The first kappa shape index (κ1) is 10.1. The van der Waals surface area contributed by atoms with E-state index in [-0.39, 0.29) is 5.78 Å². The van der Waals surface area contributed by atoms with Crippen LogP contribution in [0.25, 0.3) is 0 Å². The molecule has 0 saturated heterocycles. The van der Waals surface area contributed by atoms with Crippen molar-refractivity contribution in [3.63, 3.8) is 0 Å². The Hall–Kier alpha value is -1.11. The van der Waals surface area contributed by atoms with Gasteiger partial charge in [-0.05, 0) is 49.5 Å². The van der Waals surface area contributed by atoms with Gasteiger partial charge in [-0.2, -0.15) is 0 Å². The van der Waals surface area contributed by atoms with Crippen molar-refractivity contribution in [1.29, 1.82) is 0 Å². The molecular weight excluding hydrogens is 196 g/mol. The summed E-state index contributed by atoms with van der Waals surface area (Å²) >= 11 is 0. The Morgan fingerprint density at radius 3 is 2.62 bits per heavy atom. The summed E-state index contributed by atoms with van der Waals surface area (Å²) in [6.07, 6.45) is 5.51. The SMILES string of the molecule is CC(=O)c1ccccc1C1CC2CCC1C2. The molecule has 0 aromatic heterocycles. The second kappa shape index (κ2) is 3.73. The lowest BCUT2D eigenvalue weighted by Gasteiger charge is -2.23. The summed E-state index contributed by atoms with van der Waals surface area (Å²) in [6.45, 7) is 1.69. The van der Waals surface area contributed by atoms with Crippen LogP contribution in [0.15, 0.2) is 24.3 Å². The zero-order chi connectivity index (χ0) is 11.1. The minimum atomic E-state index is 0.221. The number of Topliss-reactive ketones (excluding diaryl/α,β-unsaturated/α-hetero) is 1. The van der Waals surface area contributed by atoms with Gasteiger partial charge in [0.15, 0.2) is 5.78 Å². The number of ketones is 1. The smallest absolute Gasteiger partial charge is 0.160 e. The lowest BCUT2D eigenvalue weighted by Crippen LogP contribution is -2.12. The molecule has 1 aromatic rings. The van der Waals surface area contributed by atoms with Crippen molar-refractivity contribution in [3.05, 3.63) is 35.4 Å². The first-order chi connectivity index (χ1) is 7.75. The topological polar surface area (TPSA) is 17.1 Å². The third kappa shape index (κ3) is 1.50. The lowest BCUT2D eigenvalue weighted by atomic mass is 9.81. The molecule has 3 rings (SSSR count). The maximum Gasteiger partial charge on any atom is 0.160 e. The maximum absolute atomic E-state index is 11.6. The zero-order valence-corrected chi connectivity index (χ0v) is 9.78. The number of benzene rings is 1. The Labute approximate surface area is 96.9 Å². The number of carbonyl (C=O) groups excluding carboxylic acids is 1. The van der Waals surface area contributed by atoms with Gasteiger partial charge in [-0.15, -0.1) is 0 Å². The summed E-state index contributed by atoms with van der Waals surface area (Å²) < 4.78 is 0. The molecule has 3 unspecified atom stereocenters. The van der Waals surface area contributed by atoms with Gasteiger partial charge in [-0.1, -0.05) is 30.7 Å². The molecule has 84 valence electrons. The lowest BCUT2D eigenvalue weighted by molar-refractivity contribution is 0.101. The van der Waals surface area contributed by atoms with E-state index in [1.165, 1.54) is 31.2 Å². The first-order valence-corrected chi connectivity index (χ1v) is 6.35. The van der Waals surface area contributed by atoms with Crippen molar-refractivity contribution in [3.8, 4) is 0 Å². The molecule has 0 spiro atoms. The molecule has 2 aliphatic rings. The van der Waals surface area contributed by atoms with Crippen LogP contribution in [0.2, 0.25) is 0 Å². The summed E-state index contributed by atoms with van der Waals surface area (Å²) in [7, 11) is 0. The van der Waals surface area contributed by atoms with Crippen LogP contribution in [0.4, 0.5) is 0 Å². The first-order valence-electron chi connectivity index (χ1n) is 6.35. The third-order valence-electron chi connectivity index (χ3n) is 4.48. The second-order valence-electron chi connectivity index (χ2n) is 5.42. The molecule has 0 N–H and O–H groups in total. The highest BCUT2D eigenvalue weighted by Gasteiger charge is 2.40. The van der Waals surface area contributed by atoms with E-state index in [4.69, 9.17) is 0 Å². The molecular formula is C15H18O. The molecule has 3 atom stereocenters. The summed E-state index contributed by atoms with van der Waals surface area (Å²) in [6, 6.07) is 8.22. The van der Waals surface area contributed by atoms with E-state index in [0.29, 0.717) is 5.92 Å². The van der Waals surface area contributed by atoms with E-state index < -0.39 is 0 Å². The Morgan fingerprint density at radius 1 is 1.19 bits per heavy atom. The molecule has 1 heteroatoms. The van der Waals surface area contributed by atoms with Crippen molar-refractivity contribution in [2.75, 3.05) is 0 Å². The molecule has 0 aliphatic heterocycles. The van der Waals surface area contributed by atoms with Gasteiger partial charge in [0, 0.05) is 5.56 Å². The van der Waals surface area contributed by atoms with Crippen LogP contribution < -0.4 is 0 Å². The molecule has 1 nitrogen and oxygen atoms in total. The van der Waals surface area contributed by atoms with Crippen LogP contribution in [0, 0.1) is 11.8 Å². The number of carbonyl (C=O) groups is 1. The number of rotatable bonds is 2. The normalized spacial score (nSPS) is 31.9. The highest BCUT2D eigenvalue weighted by atomic mass is 16.1. The average Bonchev–Trinajstić information content (AvgIpc) is 2.90. The van der Waals surface area contributed by atoms with Crippen LogP contribution in [-0.2, 0) is 0 Å². The van der Waals surface area contributed by atoms with Crippen molar-refractivity contribution in [1.82, 2.24) is 0 Å². The van der Waals surface area contributed by atoms with E-state index >= 15 is 0 Å².